The second-order valence-electron chi connectivity index (χ2n) is 3.94. The summed E-state index contributed by atoms with van der Waals surface area (Å²) in [5.74, 6) is 1.06. The molecule has 0 aromatic heterocycles. The Kier molecular flexibility index (Phi) is 4.25. The Morgan fingerprint density at radius 3 is 2.67 bits per heavy atom. The first-order valence-corrected chi connectivity index (χ1v) is 6.70. The first kappa shape index (κ1) is 13.4. The van der Waals surface area contributed by atoms with Gasteiger partial charge in [-0.3, -0.25) is 0 Å². The molecule has 94 valence electrons. The van der Waals surface area contributed by atoms with Crippen molar-refractivity contribution in [3.05, 3.63) is 57.8 Å². The molecule has 0 aliphatic carbocycles. The van der Waals surface area contributed by atoms with E-state index in [2.05, 4.69) is 15.9 Å². The first-order chi connectivity index (χ1) is 8.58. The Balaban J connectivity index is 2.30. The van der Waals surface area contributed by atoms with Gasteiger partial charge in [0.1, 0.15) is 17.3 Å². The summed E-state index contributed by atoms with van der Waals surface area (Å²) in [7, 11) is 0. The molecule has 0 bridgehead atoms. The summed E-state index contributed by atoms with van der Waals surface area (Å²) in [5.41, 5.74) is 1.67. The van der Waals surface area contributed by atoms with E-state index in [1.54, 1.807) is 6.07 Å². The lowest BCUT2D eigenvalue weighted by Crippen LogP contribution is -1.90. The summed E-state index contributed by atoms with van der Waals surface area (Å²) in [6.45, 7) is 1.93. The van der Waals surface area contributed by atoms with Crippen LogP contribution in [-0.4, -0.2) is 0 Å². The molecule has 18 heavy (non-hydrogen) atoms. The van der Waals surface area contributed by atoms with Crippen molar-refractivity contribution in [3.63, 3.8) is 0 Å². The van der Waals surface area contributed by atoms with E-state index in [9.17, 15) is 4.39 Å². The zero-order valence-corrected chi connectivity index (χ0v) is 12.1. The van der Waals surface area contributed by atoms with E-state index >= 15 is 0 Å². The Labute approximate surface area is 119 Å². The molecule has 0 heterocycles. The Morgan fingerprint density at radius 2 is 2.00 bits per heavy atom. The normalized spacial score (nSPS) is 10.4. The molecule has 0 saturated carbocycles. The number of alkyl halides is 1. The zero-order valence-electron chi connectivity index (χ0n) is 9.71. The van der Waals surface area contributed by atoms with Crippen molar-refractivity contribution in [1.29, 1.82) is 0 Å². The van der Waals surface area contributed by atoms with Crippen LogP contribution in [0.3, 0.4) is 0 Å². The van der Waals surface area contributed by atoms with Crippen LogP contribution in [-0.2, 0) is 5.88 Å². The minimum atomic E-state index is -0.349. The molecular weight excluding hydrogens is 319 g/mol. The van der Waals surface area contributed by atoms with E-state index in [1.807, 2.05) is 25.1 Å². The van der Waals surface area contributed by atoms with Gasteiger partial charge in [0.15, 0.2) is 0 Å². The van der Waals surface area contributed by atoms with Gasteiger partial charge in [-0.15, -0.1) is 11.6 Å². The van der Waals surface area contributed by atoms with Crippen LogP contribution >= 0.6 is 27.5 Å². The highest BCUT2D eigenvalue weighted by atomic mass is 79.9. The van der Waals surface area contributed by atoms with Crippen molar-refractivity contribution < 1.29 is 9.13 Å². The van der Waals surface area contributed by atoms with Gasteiger partial charge in [-0.2, -0.15) is 0 Å². The second kappa shape index (κ2) is 5.72. The van der Waals surface area contributed by atoms with Crippen molar-refractivity contribution in [2.45, 2.75) is 12.8 Å². The highest BCUT2D eigenvalue weighted by Gasteiger charge is 2.05. The van der Waals surface area contributed by atoms with E-state index < -0.39 is 0 Å². The van der Waals surface area contributed by atoms with Crippen molar-refractivity contribution >= 4 is 27.5 Å². The van der Waals surface area contributed by atoms with Crippen molar-refractivity contribution in [2.24, 2.45) is 0 Å². The molecule has 0 amide bonds. The van der Waals surface area contributed by atoms with Gasteiger partial charge >= 0.3 is 0 Å². The van der Waals surface area contributed by atoms with Crippen LogP contribution in [0.15, 0.2) is 40.9 Å². The largest absolute Gasteiger partial charge is 0.457 e. The monoisotopic (exact) mass is 328 g/mol. The van der Waals surface area contributed by atoms with Crippen molar-refractivity contribution in [1.82, 2.24) is 0 Å². The van der Waals surface area contributed by atoms with Gasteiger partial charge in [-0.25, -0.2) is 4.39 Å². The number of rotatable bonds is 3. The van der Waals surface area contributed by atoms with Crippen LogP contribution in [0.1, 0.15) is 11.1 Å². The third-order valence-corrected chi connectivity index (χ3v) is 3.25. The van der Waals surface area contributed by atoms with E-state index in [-0.39, 0.29) is 11.7 Å². The molecule has 2 aromatic rings. The summed E-state index contributed by atoms with van der Waals surface area (Å²) < 4.78 is 20.0. The van der Waals surface area contributed by atoms with Gasteiger partial charge < -0.3 is 4.74 Å². The maximum absolute atomic E-state index is 13.3. The minimum absolute atomic E-state index is 0.257. The molecule has 0 radical (unpaired) electrons. The SMILES string of the molecule is Cc1cc(Br)ccc1Oc1cc(F)cc(CCl)c1. The molecule has 4 heteroatoms. The molecule has 0 N–H and O–H groups in total. The lowest BCUT2D eigenvalue weighted by atomic mass is 10.2. The Hall–Kier alpha value is -1.06. The van der Waals surface area contributed by atoms with Crippen LogP contribution < -0.4 is 4.74 Å². The lowest BCUT2D eigenvalue weighted by Gasteiger charge is -2.10. The number of benzene rings is 2. The molecule has 2 rings (SSSR count). The van der Waals surface area contributed by atoms with Crippen LogP contribution in [0.5, 0.6) is 11.5 Å². The number of aryl methyl sites for hydroxylation is 1. The molecular formula is C14H11BrClFO. The quantitative estimate of drug-likeness (QED) is 0.682. The standard InChI is InChI=1S/C14H11BrClFO/c1-9-4-11(15)2-3-14(9)18-13-6-10(8-16)5-12(17)7-13/h2-7H,8H2,1H3. The smallest absolute Gasteiger partial charge is 0.130 e. The Morgan fingerprint density at radius 1 is 1.22 bits per heavy atom. The van der Waals surface area contributed by atoms with Gasteiger partial charge in [0.2, 0.25) is 0 Å². The lowest BCUT2D eigenvalue weighted by molar-refractivity contribution is 0.472. The zero-order chi connectivity index (χ0) is 13.1. The van der Waals surface area contributed by atoms with Gasteiger partial charge in [-0.1, -0.05) is 15.9 Å². The highest BCUT2D eigenvalue weighted by Crippen LogP contribution is 2.28. The fraction of sp³-hybridized carbons (Fsp3) is 0.143. The summed E-state index contributed by atoms with van der Waals surface area (Å²) in [6, 6.07) is 10.1. The number of hydrogen-bond donors (Lipinski definition) is 0. The van der Waals surface area contributed by atoms with E-state index in [4.69, 9.17) is 16.3 Å². The predicted molar refractivity (Wildman–Crippen MR) is 74.9 cm³/mol. The minimum Gasteiger partial charge on any atom is -0.457 e. The average molecular weight is 330 g/mol. The van der Waals surface area contributed by atoms with Gasteiger partial charge in [0.05, 0.1) is 0 Å². The third kappa shape index (κ3) is 3.24. The molecule has 0 unspecified atom stereocenters. The van der Waals surface area contributed by atoms with Crippen LogP contribution in [0.25, 0.3) is 0 Å². The van der Waals surface area contributed by atoms with Crippen molar-refractivity contribution in [3.8, 4) is 11.5 Å². The van der Waals surface area contributed by atoms with E-state index in [0.29, 0.717) is 17.1 Å². The molecule has 0 atom stereocenters. The topological polar surface area (TPSA) is 9.23 Å². The van der Waals surface area contributed by atoms with Crippen LogP contribution in [0.4, 0.5) is 4.39 Å². The predicted octanol–water partition coefficient (Wildman–Crippen LogP) is 5.43. The summed E-state index contributed by atoms with van der Waals surface area (Å²) >= 11 is 9.08. The number of hydrogen-bond acceptors (Lipinski definition) is 1. The molecule has 0 aliphatic rings. The Bertz CT molecular complexity index is 572. The van der Waals surface area contributed by atoms with E-state index in [1.165, 1.54) is 12.1 Å². The van der Waals surface area contributed by atoms with Crippen LogP contribution in [0, 0.1) is 12.7 Å². The molecule has 1 nitrogen and oxygen atoms in total. The fourth-order valence-electron chi connectivity index (χ4n) is 1.61. The van der Waals surface area contributed by atoms with Gasteiger partial charge in [0.25, 0.3) is 0 Å². The van der Waals surface area contributed by atoms with Crippen molar-refractivity contribution in [2.75, 3.05) is 0 Å². The fourth-order valence-corrected chi connectivity index (χ4v) is 2.24. The molecule has 0 saturated heterocycles. The number of halogens is 3. The summed E-state index contributed by atoms with van der Waals surface area (Å²) in [5, 5.41) is 0. The van der Waals surface area contributed by atoms with E-state index in [0.717, 1.165) is 10.0 Å². The third-order valence-electron chi connectivity index (χ3n) is 2.45. The average Bonchev–Trinajstić information content (AvgIpc) is 2.32. The molecule has 0 fully saturated rings. The second-order valence-corrected chi connectivity index (χ2v) is 5.12. The number of ether oxygens (including phenoxy) is 1. The molecule has 2 aromatic carbocycles. The maximum atomic E-state index is 13.3. The maximum Gasteiger partial charge on any atom is 0.130 e. The first-order valence-electron chi connectivity index (χ1n) is 5.38. The summed E-state index contributed by atoms with van der Waals surface area (Å²) in [4.78, 5) is 0. The molecule has 0 aliphatic heterocycles. The molecule has 0 spiro atoms. The van der Waals surface area contributed by atoms with Gasteiger partial charge in [-0.05, 0) is 48.4 Å². The highest BCUT2D eigenvalue weighted by molar-refractivity contribution is 9.10. The summed E-state index contributed by atoms with van der Waals surface area (Å²) in [6.07, 6.45) is 0. The van der Waals surface area contributed by atoms with Gasteiger partial charge in [0, 0.05) is 16.4 Å². The van der Waals surface area contributed by atoms with Crippen LogP contribution in [0.2, 0.25) is 0 Å².